The van der Waals surface area contributed by atoms with Gasteiger partial charge in [-0.1, -0.05) is 30.0 Å². The van der Waals surface area contributed by atoms with Gasteiger partial charge in [-0.3, -0.25) is 19.5 Å². The Hall–Kier alpha value is -2.88. The molecule has 0 bridgehead atoms. The molecule has 1 aromatic carbocycles. The monoisotopic (exact) mass is 428 g/mol. The number of carbonyl (C=O) groups excluding carboxylic acids is 3. The van der Waals surface area contributed by atoms with Crippen LogP contribution in [-0.4, -0.2) is 62.4 Å². The summed E-state index contributed by atoms with van der Waals surface area (Å²) in [4.78, 5) is 37.8. The molecule has 1 aromatic heterocycles. The Bertz CT molecular complexity index is 910. The quantitative estimate of drug-likeness (QED) is 0.675. The summed E-state index contributed by atoms with van der Waals surface area (Å²) >= 11 is 1.36. The Labute approximate surface area is 178 Å². The van der Waals surface area contributed by atoms with E-state index in [1.165, 1.54) is 18.2 Å². The first-order valence-corrected chi connectivity index (χ1v) is 11.1. The van der Waals surface area contributed by atoms with Gasteiger partial charge in [-0.05, 0) is 31.4 Å². The summed E-state index contributed by atoms with van der Waals surface area (Å²) in [5, 5.41) is 14.2. The molecular weight excluding hydrogens is 404 g/mol. The molecule has 2 aromatic rings. The number of para-hydroxylation sites is 1. The van der Waals surface area contributed by atoms with E-state index in [0.29, 0.717) is 23.2 Å². The van der Waals surface area contributed by atoms with Gasteiger partial charge >= 0.3 is 6.03 Å². The SMILES string of the molecule is O=C1CC(Cc2nnc(SCC(=O)N3CCCCC3)n2-c2ccccc2)NC(=O)N1. The molecule has 2 saturated heterocycles. The highest BCUT2D eigenvalue weighted by molar-refractivity contribution is 7.99. The molecule has 10 heteroatoms. The second-order valence-corrected chi connectivity index (χ2v) is 8.37. The summed E-state index contributed by atoms with van der Waals surface area (Å²) < 4.78 is 1.90. The van der Waals surface area contributed by atoms with Gasteiger partial charge in [0.05, 0.1) is 5.75 Å². The smallest absolute Gasteiger partial charge is 0.321 e. The van der Waals surface area contributed by atoms with Gasteiger partial charge in [-0.15, -0.1) is 10.2 Å². The average molecular weight is 429 g/mol. The molecule has 2 N–H and O–H groups in total. The fourth-order valence-corrected chi connectivity index (χ4v) is 4.61. The highest BCUT2D eigenvalue weighted by Gasteiger charge is 2.27. The molecule has 2 aliphatic heterocycles. The Morgan fingerprint density at radius 3 is 2.60 bits per heavy atom. The van der Waals surface area contributed by atoms with Crippen molar-refractivity contribution in [2.75, 3.05) is 18.8 Å². The van der Waals surface area contributed by atoms with E-state index >= 15 is 0 Å². The summed E-state index contributed by atoms with van der Waals surface area (Å²) in [6.45, 7) is 1.64. The van der Waals surface area contributed by atoms with E-state index in [9.17, 15) is 14.4 Å². The van der Waals surface area contributed by atoms with Crippen LogP contribution in [0.3, 0.4) is 0 Å². The Balaban J connectivity index is 1.52. The van der Waals surface area contributed by atoms with E-state index in [4.69, 9.17) is 0 Å². The predicted molar refractivity (Wildman–Crippen MR) is 111 cm³/mol. The minimum atomic E-state index is -0.497. The molecule has 158 valence electrons. The normalized spacial score (nSPS) is 19.3. The van der Waals surface area contributed by atoms with Gasteiger partial charge in [-0.2, -0.15) is 0 Å². The molecule has 3 heterocycles. The zero-order valence-electron chi connectivity index (χ0n) is 16.5. The van der Waals surface area contributed by atoms with Crippen LogP contribution < -0.4 is 10.6 Å². The zero-order chi connectivity index (χ0) is 20.9. The number of benzene rings is 1. The van der Waals surface area contributed by atoms with Crippen molar-refractivity contribution >= 4 is 29.6 Å². The van der Waals surface area contributed by atoms with Gasteiger partial charge in [0.15, 0.2) is 5.16 Å². The molecule has 4 rings (SSSR count). The lowest BCUT2D eigenvalue weighted by Crippen LogP contribution is -2.53. The summed E-state index contributed by atoms with van der Waals surface area (Å²) in [7, 11) is 0. The fourth-order valence-electron chi connectivity index (χ4n) is 3.74. The minimum Gasteiger partial charge on any atom is -0.342 e. The minimum absolute atomic E-state index is 0.111. The van der Waals surface area contributed by atoms with Gasteiger partial charge in [-0.25, -0.2) is 4.79 Å². The lowest BCUT2D eigenvalue weighted by atomic mass is 10.1. The molecule has 2 aliphatic rings. The van der Waals surface area contributed by atoms with Gasteiger partial charge in [0.25, 0.3) is 0 Å². The zero-order valence-corrected chi connectivity index (χ0v) is 17.4. The molecule has 0 spiro atoms. The number of urea groups is 1. The van der Waals surface area contributed by atoms with Crippen LogP contribution in [0.2, 0.25) is 0 Å². The number of nitrogens with zero attached hydrogens (tertiary/aromatic N) is 4. The number of hydrogen-bond acceptors (Lipinski definition) is 6. The first-order chi connectivity index (χ1) is 14.6. The second-order valence-electron chi connectivity index (χ2n) is 7.43. The number of aromatic nitrogens is 3. The van der Waals surface area contributed by atoms with E-state index in [0.717, 1.165) is 31.6 Å². The molecule has 1 unspecified atom stereocenters. The molecule has 0 radical (unpaired) electrons. The van der Waals surface area contributed by atoms with E-state index in [1.54, 1.807) is 0 Å². The van der Waals surface area contributed by atoms with Crippen LogP contribution >= 0.6 is 11.8 Å². The van der Waals surface area contributed by atoms with Crippen LogP contribution in [0, 0.1) is 0 Å². The van der Waals surface area contributed by atoms with Crippen molar-refractivity contribution < 1.29 is 14.4 Å². The first kappa shape index (κ1) is 20.4. The summed E-state index contributed by atoms with van der Waals surface area (Å²) in [6, 6.07) is 8.79. The maximum Gasteiger partial charge on any atom is 0.321 e. The lowest BCUT2D eigenvalue weighted by molar-refractivity contribution is -0.129. The highest BCUT2D eigenvalue weighted by atomic mass is 32.2. The molecular formula is C20H24N6O3S. The van der Waals surface area contributed by atoms with E-state index in [1.807, 2.05) is 39.8 Å². The van der Waals surface area contributed by atoms with Gasteiger partial charge in [0.1, 0.15) is 5.82 Å². The number of hydrogen-bond donors (Lipinski definition) is 2. The summed E-state index contributed by atoms with van der Waals surface area (Å²) in [6.07, 6.45) is 3.84. The number of thioether (sulfide) groups is 1. The van der Waals surface area contributed by atoms with Crippen LogP contribution in [0.25, 0.3) is 5.69 Å². The van der Waals surface area contributed by atoms with Crippen LogP contribution in [0.15, 0.2) is 35.5 Å². The molecule has 2 fully saturated rings. The van der Waals surface area contributed by atoms with Crippen molar-refractivity contribution in [2.24, 2.45) is 0 Å². The maximum atomic E-state index is 12.6. The number of imide groups is 1. The van der Waals surface area contributed by atoms with Crippen molar-refractivity contribution in [1.29, 1.82) is 0 Å². The van der Waals surface area contributed by atoms with Crippen LogP contribution in [0.4, 0.5) is 4.79 Å². The number of amides is 4. The lowest BCUT2D eigenvalue weighted by Gasteiger charge is -2.26. The van der Waals surface area contributed by atoms with Gasteiger partial charge < -0.3 is 10.2 Å². The molecule has 30 heavy (non-hydrogen) atoms. The van der Waals surface area contributed by atoms with Crippen LogP contribution in [0.1, 0.15) is 31.5 Å². The standard InChI is InChI=1S/C20H24N6O3S/c27-17-12-14(21-19(29)22-17)11-16-23-24-20(26(16)15-7-3-1-4-8-15)30-13-18(28)25-9-5-2-6-10-25/h1,3-4,7-8,14H,2,5-6,9-13H2,(H2,21,22,27,29). The second kappa shape index (κ2) is 9.29. The van der Waals surface area contributed by atoms with Crippen molar-refractivity contribution in [1.82, 2.24) is 30.3 Å². The topological polar surface area (TPSA) is 109 Å². The fraction of sp³-hybridized carbons (Fsp3) is 0.450. The third-order valence-corrected chi connectivity index (χ3v) is 6.11. The summed E-state index contributed by atoms with van der Waals surface area (Å²) in [5.74, 6) is 0.735. The van der Waals surface area contributed by atoms with Gasteiger partial charge in [0.2, 0.25) is 11.8 Å². The third kappa shape index (κ3) is 4.81. The Kier molecular flexibility index (Phi) is 6.32. The Morgan fingerprint density at radius 2 is 1.87 bits per heavy atom. The molecule has 0 aliphatic carbocycles. The number of rotatable bonds is 6. The van der Waals surface area contributed by atoms with Crippen LogP contribution in [-0.2, 0) is 16.0 Å². The summed E-state index contributed by atoms with van der Waals surface area (Å²) in [5.41, 5.74) is 0.872. The maximum absolute atomic E-state index is 12.6. The van der Waals surface area contributed by atoms with Crippen LogP contribution in [0.5, 0.6) is 0 Å². The molecule has 1 atom stereocenters. The van der Waals surface area contributed by atoms with Crippen molar-refractivity contribution in [3.8, 4) is 5.69 Å². The number of likely N-dealkylation sites (tertiary alicyclic amines) is 1. The number of nitrogens with one attached hydrogen (secondary N) is 2. The molecule has 9 nitrogen and oxygen atoms in total. The van der Waals surface area contributed by atoms with Crippen molar-refractivity contribution in [3.05, 3.63) is 36.2 Å². The van der Waals surface area contributed by atoms with E-state index in [2.05, 4.69) is 20.8 Å². The molecule has 0 saturated carbocycles. The van der Waals surface area contributed by atoms with Crippen molar-refractivity contribution in [2.45, 2.75) is 43.3 Å². The predicted octanol–water partition coefficient (Wildman–Crippen LogP) is 1.51. The van der Waals surface area contributed by atoms with Gasteiger partial charge in [0, 0.05) is 37.7 Å². The van der Waals surface area contributed by atoms with E-state index in [-0.39, 0.29) is 24.3 Å². The largest absolute Gasteiger partial charge is 0.342 e. The third-order valence-electron chi connectivity index (χ3n) is 5.20. The number of carbonyl (C=O) groups is 3. The average Bonchev–Trinajstić information content (AvgIpc) is 3.14. The molecule has 4 amide bonds. The van der Waals surface area contributed by atoms with Crippen molar-refractivity contribution in [3.63, 3.8) is 0 Å². The number of piperidine rings is 1. The highest BCUT2D eigenvalue weighted by Crippen LogP contribution is 2.24. The Morgan fingerprint density at radius 1 is 1.10 bits per heavy atom. The first-order valence-electron chi connectivity index (χ1n) is 10.1. The van der Waals surface area contributed by atoms with E-state index < -0.39 is 6.03 Å².